The molecule has 0 spiro atoms. The van der Waals surface area contributed by atoms with E-state index in [2.05, 4.69) is 46.6 Å². The van der Waals surface area contributed by atoms with E-state index in [0.29, 0.717) is 12.1 Å². The fourth-order valence-corrected chi connectivity index (χ4v) is 4.27. The molecule has 1 atom stereocenters. The number of hydrogen-bond donors (Lipinski definition) is 1. The smallest absolute Gasteiger partial charge is 0.251 e. The molecule has 0 radical (unpaired) electrons. The van der Waals surface area contributed by atoms with Crippen LogP contribution in [0.15, 0.2) is 102 Å². The van der Waals surface area contributed by atoms with E-state index in [1.807, 2.05) is 54.6 Å². The molecule has 0 unspecified atom stereocenters. The van der Waals surface area contributed by atoms with Gasteiger partial charge in [-0.2, -0.15) is 0 Å². The zero-order valence-corrected chi connectivity index (χ0v) is 17.2. The number of furan rings is 1. The Morgan fingerprint density at radius 1 is 0.871 bits per heavy atom. The van der Waals surface area contributed by atoms with E-state index in [0.717, 1.165) is 29.9 Å². The highest BCUT2D eigenvalue weighted by atomic mass is 16.3. The van der Waals surface area contributed by atoms with E-state index >= 15 is 0 Å². The Labute approximate surface area is 182 Å². The van der Waals surface area contributed by atoms with Crippen molar-refractivity contribution in [3.63, 3.8) is 0 Å². The average Bonchev–Trinajstić information content (AvgIpc) is 3.51. The monoisotopic (exact) mass is 408 g/mol. The average molecular weight is 409 g/mol. The molecule has 1 N–H and O–H groups in total. The third kappa shape index (κ3) is 3.97. The summed E-state index contributed by atoms with van der Waals surface area (Å²) in [6, 6.07) is 30.2. The molecule has 5 rings (SSSR count). The van der Waals surface area contributed by atoms with E-state index in [9.17, 15) is 4.79 Å². The minimum Gasteiger partial charge on any atom is -0.467 e. The number of rotatable bonds is 6. The highest BCUT2D eigenvalue weighted by Gasteiger charge is 2.29. The van der Waals surface area contributed by atoms with Crippen LogP contribution < -0.4 is 10.2 Å². The molecule has 154 valence electrons. The lowest BCUT2D eigenvalue weighted by atomic mass is 10.0. The number of nitrogens with one attached hydrogen (secondary N) is 1. The Morgan fingerprint density at radius 3 is 2.39 bits per heavy atom. The van der Waals surface area contributed by atoms with E-state index in [-0.39, 0.29) is 11.9 Å². The summed E-state index contributed by atoms with van der Waals surface area (Å²) in [7, 11) is 0. The van der Waals surface area contributed by atoms with Gasteiger partial charge in [0.25, 0.3) is 5.91 Å². The molecule has 31 heavy (non-hydrogen) atoms. The second-order valence-electron chi connectivity index (χ2n) is 7.76. The van der Waals surface area contributed by atoms with Crippen LogP contribution in [0.3, 0.4) is 0 Å². The fraction of sp³-hybridized carbons (Fsp3) is 0.148. The highest BCUT2D eigenvalue weighted by molar-refractivity contribution is 5.94. The van der Waals surface area contributed by atoms with Crippen LogP contribution in [0.2, 0.25) is 0 Å². The minimum atomic E-state index is -0.0800. The Kier molecular flexibility index (Phi) is 5.28. The highest BCUT2D eigenvalue weighted by Crippen LogP contribution is 2.35. The maximum atomic E-state index is 12.9. The number of benzene rings is 3. The number of carbonyl (C=O) groups is 1. The minimum absolute atomic E-state index is 0.0498. The molecule has 0 fully saturated rings. The molecule has 0 aliphatic carbocycles. The summed E-state index contributed by atoms with van der Waals surface area (Å²) in [5.41, 5.74) is 5.44. The topological polar surface area (TPSA) is 45.5 Å². The van der Waals surface area contributed by atoms with E-state index < -0.39 is 0 Å². The number of fused-ring (bicyclic) bond motifs is 1. The molecule has 1 aliphatic rings. The number of carbonyl (C=O) groups excluding carboxylic acids is 1. The summed E-state index contributed by atoms with van der Waals surface area (Å²) in [6.45, 7) is 1.38. The summed E-state index contributed by atoms with van der Waals surface area (Å²) in [6.07, 6.45) is 2.69. The second-order valence-corrected chi connectivity index (χ2v) is 7.76. The quantitative estimate of drug-likeness (QED) is 0.459. The van der Waals surface area contributed by atoms with Crippen LogP contribution >= 0.6 is 0 Å². The van der Waals surface area contributed by atoms with Crippen LogP contribution in [-0.2, 0) is 6.42 Å². The van der Waals surface area contributed by atoms with Crippen molar-refractivity contribution in [2.45, 2.75) is 12.5 Å². The Morgan fingerprint density at radius 2 is 1.61 bits per heavy atom. The van der Waals surface area contributed by atoms with Crippen molar-refractivity contribution in [2.75, 3.05) is 18.0 Å². The van der Waals surface area contributed by atoms with Crippen LogP contribution in [0.4, 0.5) is 5.69 Å². The number of anilines is 1. The first-order valence-electron chi connectivity index (χ1n) is 10.6. The predicted molar refractivity (Wildman–Crippen MR) is 123 cm³/mol. The molecule has 3 aromatic carbocycles. The van der Waals surface area contributed by atoms with Gasteiger partial charge in [-0.15, -0.1) is 0 Å². The SMILES string of the molecule is O=C(NC[C@H](c1ccco1)N1CCc2ccccc21)c1ccc(-c2ccccc2)cc1. The Bertz CT molecular complexity index is 1150. The molecule has 4 aromatic rings. The first-order chi connectivity index (χ1) is 15.3. The van der Waals surface area contributed by atoms with Crippen molar-refractivity contribution >= 4 is 11.6 Å². The van der Waals surface area contributed by atoms with Gasteiger partial charge >= 0.3 is 0 Å². The zero-order chi connectivity index (χ0) is 21.0. The molecule has 2 heterocycles. The van der Waals surface area contributed by atoms with Gasteiger partial charge in [0.2, 0.25) is 0 Å². The predicted octanol–water partition coefficient (Wildman–Crippen LogP) is 5.48. The largest absolute Gasteiger partial charge is 0.467 e. The molecular weight excluding hydrogens is 384 g/mol. The van der Waals surface area contributed by atoms with Crippen molar-refractivity contribution in [1.29, 1.82) is 0 Å². The van der Waals surface area contributed by atoms with E-state index in [4.69, 9.17) is 4.42 Å². The molecule has 4 heteroatoms. The van der Waals surface area contributed by atoms with Gasteiger partial charge < -0.3 is 14.6 Å². The van der Waals surface area contributed by atoms with Crippen molar-refractivity contribution in [2.24, 2.45) is 0 Å². The van der Waals surface area contributed by atoms with Crippen molar-refractivity contribution < 1.29 is 9.21 Å². The summed E-state index contributed by atoms with van der Waals surface area (Å²) in [4.78, 5) is 15.2. The normalized spacial score (nSPS) is 13.6. The molecule has 1 aliphatic heterocycles. The van der Waals surface area contributed by atoms with Crippen molar-refractivity contribution in [3.05, 3.63) is 114 Å². The lowest BCUT2D eigenvalue weighted by Gasteiger charge is -2.29. The van der Waals surface area contributed by atoms with Crippen molar-refractivity contribution in [1.82, 2.24) is 5.32 Å². The maximum Gasteiger partial charge on any atom is 0.251 e. The maximum absolute atomic E-state index is 12.9. The second kappa shape index (κ2) is 8.52. The first kappa shape index (κ1) is 19.2. The number of amides is 1. The molecule has 0 saturated carbocycles. The van der Waals surface area contributed by atoms with E-state index in [1.165, 1.54) is 11.3 Å². The molecule has 4 nitrogen and oxygen atoms in total. The molecule has 0 saturated heterocycles. The summed E-state index contributed by atoms with van der Waals surface area (Å²) < 4.78 is 5.73. The van der Waals surface area contributed by atoms with Crippen molar-refractivity contribution in [3.8, 4) is 11.1 Å². The third-order valence-electron chi connectivity index (χ3n) is 5.88. The first-order valence-corrected chi connectivity index (χ1v) is 10.6. The van der Waals surface area contributed by atoms with E-state index in [1.54, 1.807) is 6.26 Å². The van der Waals surface area contributed by atoms with Gasteiger partial charge in [0.1, 0.15) is 11.8 Å². The van der Waals surface area contributed by atoms with Gasteiger partial charge in [-0.25, -0.2) is 0 Å². The van der Waals surface area contributed by atoms with Crippen LogP contribution in [0, 0.1) is 0 Å². The molecular formula is C27H24N2O2. The lowest BCUT2D eigenvalue weighted by Crippen LogP contribution is -2.37. The van der Waals surface area contributed by atoms with Gasteiger partial charge in [0.15, 0.2) is 0 Å². The number of hydrogen-bond acceptors (Lipinski definition) is 3. The fourth-order valence-electron chi connectivity index (χ4n) is 4.27. The summed E-state index contributed by atoms with van der Waals surface area (Å²) in [5.74, 6) is 0.778. The third-order valence-corrected chi connectivity index (χ3v) is 5.88. The van der Waals surface area contributed by atoms with Crippen LogP contribution in [0.25, 0.3) is 11.1 Å². The molecule has 1 amide bonds. The Hall–Kier alpha value is -3.79. The van der Waals surface area contributed by atoms with Gasteiger partial charge in [-0.3, -0.25) is 4.79 Å². The van der Waals surface area contributed by atoms with Crippen LogP contribution in [0.5, 0.6) is 0 Å². The summed E-state index contributed by atoms with van der Waals surface area (Å²) in [5, 5.41) is 3.11. The molecule has 1 aromatic heterocycles. The van der Waals surface area contributed by atoms with Gasteiger partial charge in [0, 0.05) is 24.3 Å². The van der Waals surface area contributed by atoms with Crippen LogP contribution in [-0.4, -0.2) is 19.0 Å². The number of para-hydroxylation sites is 1. The van der Waals surface area contributed by atoms with Gasteiger partial charge in [-0.05, 0) is 53.4 Å². The molecule has 0 bridgehead atoms. The van der Waals surface area contributed by atoms with Crippen LogP contribution in [0.1, 0.15) is 27.7 Å². The van der Waals surface area contributed by atoms with Gasteiger partial charge in [0.05, 0.1) is 6.26 Å². The lowest BCUT2D eigenvalue weighted by molar-refractivity contribution is 0.0950. The van der Waals surface area contributed by atoms with Gasteiger partial charge in [-0.1, -0.05) is 60.7 Å². The standard InChI is InChI=1S/C27H24N2O2/c30-27(23-14-12-21(13-15-23)20-7-2-1-3-8-20)28-19-25(26-11-6-18-31-26)29-17-16-22-9-4-5-10-24(22)29/h1-15,18,25H,16-17,19H2,(H,28,30)/t25-/m1/s1. The Balaban J connectivity index is 1.31. The zero-order valence-electron chi connectivity index (χ0n) is 17.2. The number of nitrogens with zero attached hydrogens (tertiary/aromatic N) is 1. The summed E-state index contributed by atoms with van der Waals surface area (Å²) >= 11 is 0.